The first kappa shape index (κ1) is 13.9. The second-order valence-electron chi connectivity index (χ2n) is 3.78. The van der Waals surface area contributed by atoms with Gasteiger partial charge in [-0.3, -0.25) is 10.1 Å². The molecule has 4 nitrogen and oxygen atoms in total. The zero-order valence-corrected chi connectivity index (χ0v) is 11.4. The SMILES string of the molecule is NCc1cc(Cl)ccc1Sc1ccccc1[N+](=O)[O-]. The largest absolute Gasteiger partial charge is 0.326 e. The lowest BCUT2D eigenvalue weighted by atomic mass is 10.2. The van der Waals surface area contributed by atoms with Crippen molar-refractivity contribution < 1.29 is 4.92 Å². The molecule has 2 N–H and O–H groups in total. The van der Waals surface area contributed by atoms with Gasteiger partial charge >= 0.3 is 0 Å². The van der Waals surface area contributed by atoms with Crippen molar-refractivity contribution in [3.8, 4) is 0 Å². The molecule has 0 spiro atoms. The Morgan fingerprint density at radius 1 is 1.21 bits per heavy atom. The van der Waals surface area contributed by atoms with Crippen LogP contribution in [0.2, 0.25) is 5.02 Å². The molecule has 0 saturated carbocycles. The van der Waals surface area contributed by atoms with Crippen LogP contribution in [0.3, 0.4) is 0 Å². The maximum absolute atomic E-state index is 11.0. The van der Waals surface area contributed by atoms with Gasteiger partial charge < -0.3 is 5.73 Å². The summed E-state index contributed by atoms with van der Waals surface area (Å²) in [6.07, 6.45) is 0. The van der Waals surface area contributed by atoms with Gasteiger partial charge in [0.05, 0.1) is 9.82 Å². The average Bonchev–Trinajstić information content (AvgIpc) is 2.41. The van der Waals surface area contributed by atoms with Crippen molar-refractivity contribution in [2.75, 3.05) is 0 Å². The number of halogens is 1. The fraction of sp³-hybridized carbons (Fsp3) is 0.0769. The highest BCUT2D eigenvalue weighted by atomic mass is 35.5. The minimum Gasteiger partial charge on any atom is -0.326 e. The third kappa shape index (κ3) is 3.26. The van der Waals surface area contributed by atoms with E-state index in [1.54, 1.807) is 30.3 Å². The first-order chi connectivity index (χ1) is 9.11. The fourth-order valence-corrected chi connectivity index (χ4v) is 2.85. The summed E-state index contributed by atoms with van der Waals surface area (Å²) in [5.74, 6) is 0. The molecule has 6 heteroatoms. The molecular formula is C13H11ClN2O2S. The van der Waals surface area contributed by atoms with E-state index < -0.39 is 0 Å². The Hall–Kier alpha value is -1.56. The summed E-state index contributed by atoms with van der Waals surface area (Å²) in [7, 11) is 0. The number of nitro groups is 1. The molecule has 2 aromatic carbocycles. The Balaban J connectivity index is 2.39. The van der Waals surface area contributed by atoms with E-state index in [-0.39, 0.29) is 10.6 Å². The molecule has 0 heterocycles. The normalized spacial score (nSPS) is 10.4. The summed E-state index contributed by atoms with van der Waals surface area (Å²) in [5.41, 5.74) is 6.62. The number of hydrogen-bond donors (Lipinski definition) is 1. The van der Waals surface area contributed by atoms with Crippen LogP contribution in [-0.2, 0) is 6.54 Å². The Bertz CT molecular complexity index is 619. The molecule has 2 aromatic rings. The number of benzene rings is 2. The third-order valence-electron chi connectivity index (χ3n) is 2.52. The summed E-state index contributed by atoms with van der Waals surface area (Å²) in [6, 6.07) is 12.0. The van der Waals surface area contributed by atoms with Gasteiger partial charge in [0.15, 0.2) is 0 Å². The van der Waals surface area contributed by atoms with Gasteiger partial charge in [-0.15, -0.1) is 0 Å². The molecular weight excluding hydrogens is 284 g/mol. The lowest BCUT2D eigenvalue weighted by Crippen LogP contribution is -1.98. The first-order valence-electron chi connectivity index (χ1n) is 5.51. The number of rotatable bonds is 4. The highest BCUT2D eigenvalue weighted by molar-refractivity contribution is 7.99. The van der Waals surface area contributed by atoms with Crippen LogP contribution in [0.25, 0.3) is 0 Å². The molecule has 0 aliphatic rings. The number of hydrogen-bond acceptors (Lipinski definition) is 4. The predicted molar refractivity (Wildman–Crippen MR) is 76.6 cm³/mol. The molecule has 0 radical (unpaired) electrons. The van der Waals surface area contributed by atoms with E-state index in [0.29, 0.717) is 16.5 Å². The van der Waals surface area contributed by atoms with E-state index in [0.717, 1.165) is 10.5 Å². The third-order valence-corrected chi connectivity index (χ3v) is 3.94. The van der Waals surface area contributed by atoms with Crippen LogP contribution in [-0.4, -0.2) is 4.92 Å². The lowest BCUT2D eigenvalue weighted by molar-refractivity contribution is -0.387. The van der Waals surface area contributed by atoms with Gasteiger partial charge in [-0.25, -0.2) is 0 Å². The second-order valence-corrected chi connectivity index (χ2v) is 5.30. The number of para-hydroxylation sites is 1. The fourth-order valence-electron chi connectivity index (χ4n) is 1.62. The van der Waals surface area contributed by atoms with E-state index in [2.05, 4.69) is 0 Å². The molecule has 2 rings (SSSR count). The number of nitrogens with zero attached hydrogens (tertiary/aromatic N) is 1. The monoisotopic (exact) mass is 294 g/mol. The van der Waals surface area contributed by atoms with Crippen LogP contribution in [0.1, 0.15) is 5.56 Å². The molecule has 0 aromatic heterocycles. The highest BCUT2D eigenvalue weighted by Gasteiger charge is 2.14. The van der Waals surface area contributed by atoms with Gasteiger partial charge in [-0.2, -0.15) is 0 Å². The van der Waals surface area contributed by atoms with E-state index in [4.69, 9.17) is 17.3 Å². The Morgan fingerprint density at radius 3 is 2.63 bits per heavy atom. The summed E-state index contributed by atoms with van der Waals surface area (Å²) in [6.45, 7) is 0.337. The number of nitrogens with two attached hydrogens (primary N) is 1. The van der Waals surface area contributed by atoms with Gasteiger partial charge in [0, 0.05) is 22.5 Å². The van der Waals surface area contributed by atoms with Crippen molar-refractivity contribution in [1.82, 2.24) is 0 Å². The lowest BCUT2D eigenvalue weighted by Gasteiger charge is -2.08. The zero-order valence-electron chi connectivity index (χ0n) is 9.88. The van der Waals surface area contributed by atoms with E-state index in [9.17, 15) is 10.1 Å². The Kier molecular flexibility index (Phi) is 4.42. The summed E-state index contributed by atoms with van der Waals surface area (Å²) in [4.78, 5) is 12.0. The van der Waals surface area contributed by atoms with Gasteiger partial charge in [0.2, 0.25) is 0 Å². The van der Waals surface area contributed by atoms with Gasteiger partial charge in [-0.05, 0) is 29.8 Å². The van der Waals surface area contributed by atoms with Crippen molar-refractivity contribution in [3.05, 3.63) is 63.2 Å². The average molecular weight is 295 g/mol. The van der Waals surface area contributed by atoms with Crippen LogP contribution < -0.4 is 5.73 Å². The summed E-state index contributed by atoms with van der Waals surface area (Å²) >= 11 is 7.23. The van der Waals surface area contributed by atoms with E-state index >= 15 is 0 Å². The van der Waals surface area contributed by atoms with E-state index in [1.165, 1.54) is 17.8 Å². The van der Waals surface area contributed by atoms with Gasteiger partial charge in [0.25, 0.3) is 5.69 Å². The molecule has 0 unspecified atom stereocenters. The van der Waals surface area contributed by atoms with Crippen molar-refractivity contribution in [2.45, 2.75) is 16.3 Å². The van der Waals surface area contributed by atoms with Crippen LogP contribution in [0, 0.1) is 10.1 Å². The maximum atomic E-state index is 11.0. The summed E-state index contributed by atoms with van der Waals surface area (Å²) in [5, 5.41) is 11.6. The van der Waals surface area contributed by atoms with Crippen LogP contribution >= 0.6 is 23.4 Å². The Morgan fingerprint density at radius 2 is 1.95 bits per heavy atom. The molecule has 0 aliphatic carbocycles. The summed E-state index contributed by atoms with van der Waals surface area (Å²) < 4.78 is 0. The molecule has 0 atom stereocenters. The van der Waals surface area contributed by atoms with Crippen molar-refractivity contribution in [3.63, 3.8) is 0 Å². The Labute approximate surface area is 119 Å². The molecule has 0 amide bonds. The maximum Gasteiger partial charge on any atom is 0.283 e. The van der Waals surface area contributed by atoms with Crippen LogP contribution in [0.15, 0.2) is 52.3 Å². The first-order valence-corrected chi connectivity index (χ1v) is 6.71. The van der Waals surface area contributed by atoms with Gasteiger partial charge in [0.1, 0.15) is 0 Å². The molecule has 0 fully saturated rings. The smallest absolute Gasteiger partial charge is 0.283 e. The molecule has 19 heavy (non-hydrogen) atoms. The van der Waals surface area contributed by atoms with Crippen molar-refractivity contribution in [1.29, 1.82) is 0 Å². The second kappa shape index (κ2) is 6.06. The predicted octanol–water partition coefficient (Wildman–Crippen LogP) is 3.86. The minimum absolute atomic E-state index is 0.0884. The molecule has 98 valence electrons. The zero-order chi connectivity index (χ0) is 13.8. The quantitative estimate of drug-likeness (QED) is 0.687. The van der Waals surface area contributed by atoms with Crippen molar-refractivity contribution in [2.24, 2.45) is 5.73 Å². The van der Waals surface area contributed by atoms with Gasteiger partial charge in [-0.1, -0.05) is 35.5 Å². The minimum atomic E-state index is -0.389. The van der Waals surface area contributed by atoms with Crippen LogP contribution in [0.4, 0.5) is 5.69 Å². The topological polar surface area (TPSA) is 69.2 Å². The molecule has 0 saturated heterocycles. The highest BCUT2D eigenvalue weighted by Crippen LogP contribution is 2.36. The number of nitro benzene ring substituents is 1. The van der Waals surface area contributed by atoms with E-state index in [1.807, 2.05) is 6.07 Å². The standard InChI is InChI=1S/C13H11ClN2O2S/c14-10-5-6-12(9(7-10)8-15)19-13-4-2-1-3-11(13)16(17)18/h1-7H,8,15H2. The molecule has 0 bridgehead atoms. The molecule has 0 aliphatic heterocycles. The van der Waals surface area contributed by atoms with Crippen molar-refractivity contribution >= 4 is 29.1 Å². The van der Waals surface area contributed by atoms with Crippen LogP contribution in [0.5, 0.6) is 0 Å².